The number of carboxylic acid groups (broad SMARTS) is 1. The third-order valence-corrected chi connectivity index (χ3v) is 3.38. The second kappa shape index (κ2) is 4.25. The molecule has 1 saturated carbocycles. The molecule has 0 amide bonds. The first-order valence-corrected chi connectivity index (χ1v) is 6.48. The maximum atomic E-state index is 10.8. The van der Waals surface area contributed by atoms with E-state index < -0.39 is 5.97 Å². The molecular weight excluding hydrogens is 238 g/mol. The van der Waals surface area contributed by atoms with Crippen LogP contribution in [-0.4, -0.2) is 33.0 Å². The molecule has 0 bridgehead atoms. The molecule has 6 heteroatoms. The minimum atomic E-state index is -0.815. The second-order valence-electron chi connectivity index (χ2n) is 5.40. The summed E-state index contributed by atoms with van der Waals surface area (Å²) in [5.41, 5.74) is -0.0901. The van der Waals surface area contributed by atoms with Crippen molar-refractivity contribution in [3.05, 3.63) is 5.82 Å². The minimum absolute atomic E-state index is 0.0173. The zero-order valence-electron chi connectivity index (χ0n) is 10.3. The van der Waals surface area contributed by atoms with Gasteiger partial charge in [-0.25, -0.2) is 4.98 Å². The number of aliphatic carboxylic acids is 1. The van der Waals surface area contributed by atoms with Crippen molar-refractivity contribution in [1.82, 2.24) is 9.36 Å². The van der Waals surface area contributed by atoms with Crippen molar-refractivity contribution in [1.29, 1.82) is 0 Å². The first-order valence-electron chi connectivity index (χ1n) is 5.70. The summed E-state index contributed by atoms with van der Waals surface area (Å²) in [5, 5.41) is 9.64. The second-order valence-corrected chi connectivity index (χ2v) is 6.13. The summed E-state index contributed by atoms with van der Waals surface area (Å²) < 4.78 is 4.32. The molecule has 1 N–H and O–H groups in total. The predicted molar refractivity (Wildman–Crippen MR) is 66.6 cm³/mol. The van der Waals surface area contributed by atoms with Crippen LogP contribution in [0.15, 0.2) is 0 Å². The molecule has 1 aromatic heterocycles. The monoisotopic (exact) mass is 255 g/mol. The molecule has 0 spiro atoms. The summed E-state index contributed by atoms with van der Waals surface area (Å²) in [6, 6.07) is 0.340. The number of carboxylic acids is 1. The Morgan fingerprint density at radius 1 is 1.53 bits per heavy atom. The highest BCUT2D eigenvalue weighted by Crippen LogP contribution is 2.33. The van der Waals surface area contributed by atoms with Gasteiger partial charge in [0.05, 0.1) is 0 Å². The van der Waals surface area contributed by atoms with Gasteiger partial charge in [-0.3, -0.25) is 4.79 Å². The first-order chi connectivity index (χ1) is 7.88. The van der Waals surface area contributed by atoms with E-state index >= 15 is 0 Å². The van der Waals surface area contributed by atoms with Gasteiger partial charge in [0.2, 0.25) is 5.13 Å². The predicted octanol–water partition coefficient (Wildman–Crippen LogP) is 1.89. The Hall–Kier alpha value is -1.17. The van der Waals surface area contributed by atoms with Gasteiger partial charge in [0.15, 0.2) is 0 Å². The highest BCUT2D eigenvalue weighted by atomic mass is 32.1. The smallest absolute Gasteiger partial charge is 0.323 e. The first kappa shape index (κ1) is 12.3. The largest absolute Gasteiger partial charge is 0.480 e. The molecule has 1 heterocycles. The fourth-order valence-corrected chi connectivity index (χ4v) is 2.45. The fraction of sp³-hybridized carbons (Fsp3) is 0.727. The molecule has 1 fully saturated rings. The molecule has 2 rings (SSSR count). The molecule has 0 aromatic carbocycles. The SMILES string of the molecule is CC(C)(C)c1nsc(N(CC(=O)O)C2CC2)n1. The fourth-order valence-electron chi connectivity index (χ4n) is 1.52. The van der Waals surface area contributed by atoms with Crippen LogP contribution >= 0.6 is 11.5 Å². The Morgan fingerprint density at radius 3 is 2.59 bits per heavy atom. The number of hydrogen-bond acceptors (Lipinski definition) is 5. The van der Waals surface area contributed by atoms with Crippen LogP contribution in [0.1, 0.15) is 39.4 Å². The summed E-state index contributed by atoms with van der Waals surface area (Å²) in [7, 11) is 0. The highest BCUT2D eigenvalue weighted by Gasteiger charge is 2.33. The standard InChI is InChI=1S/C11H17N3O2S/c1-11(2,3)9-12-10(17-13-9)14(6-8(15)16)7-4-5-7/h7H,4-6H2,1-3H3,(H,15,16). The number of carbonyl (C=O) groups is 1. The van der Waals surface area contributed by atoms with Crippen molar-refractivity contribution in [2.75, 3.05) is 11.4 Å². The van der Waals surface area contributed by atoms with Crippen LogP contribution in [0.25, 0.3) is 0 Å². The molecular formula is C11H17N3O2S. The van der Waals surface area contributed by atoms with Gasteiger partial charge in [0.1, 0.15) is 12.4 Å². The van der Waals surface area contributed by atoms with Crippen molar-refractivity contribution >= 4 is 22.6 Å². The molecule has 1 aliphatic carbocycles. The van der Waals surface area contributed by atoms with Gasteiger partial charge in [-0.15, -0.1) is 0 Å². The Bertz CT molecular complexity index is 421. The topological polar surface area (TPSA) is 66.3 Å². The average molecular weight is 255 g/mol. The maximum absolute atomic E-state index is 10.8. The van der Waals surface area contributed by atoms with Gasteiger partial charge in [-0.1, -0.05) is 20.8 Å². The Balaban J connectivity index is 2.18. The lowest BCUT2D eigenvalue weighted by Gasteiger charge is -2.18. The maximum Gasteiger partial charge on any atom is 0.323 e. The van der Waals surface area contributed by atoms with Crippen molar-refractivity contribution in [3.8, 4) is 0 Å². The summed E-state index contributed by atoms with van der Waals surface area (Å²) in [4.78, 5) is 17.2. The average Bonchev–Trinajstić information content (AvgIpc) is 2.89. The lowest BCUT2D eigenvalue weighted by atomic mass is 9.96. The molecule has 0 aliphatic heterocycles. The Kier molecular flexibility index (Phi) is 3.07. The van der Waals surface area contributed by atoms with Crippen LogP contribution in [0.4, 0.5) is 5.13 Å². The van der Waals surface area contributed by atoms with E-state index in [4.69, 9.17) is 5.11 Å². The van der Waals surface area contributed by atoms with Crippen LogP contribution in [0.2, 0.25) is 0 Å². The minimum Gasteiger partial charge on any atom is -0.480 e. The molecule has 17 heavy (non-hydrogen) atoms. The van der Waals surface area contributed by atoms with E-state index in [0.29, 0.717) is 6.04 Å². The van der Waals surface area contributed by atoms with Crippen LogP contribution in [-0.2, 0) is 10.2 Å². The van der Waals surface area contributed by atoms with E-state index in [2.05, 4.69) is 30.1 Å². The van der Waals surface area contributed by atoms with Crippen molar-refractivity contribution < 1.29 is 9.90 Å². The summed E-state index contributed by atoms with van der Waals surface area (Å²) in [6.45, 7) is 6.18. The van der Waals surface area contributed by atoms with Gasteiger partial charge in [0.25, 0.3) is 0 Å². The number of hydrogen-bond donors (Lipinski definition) is 1. The van der Waals surface area contributed by atoms with Crippen molar-refractivity contribution in [2.45, 2.75) is 45.1 Å². The van der Waals surface area contributed by atoms with Gasteiger partial charge >= 0.3 is 5.97 Å². The quantitative estimate of drug-likeness (QED) is 0.890. The Morgan fingerprint density at radius 2 is 2.18 bits per heavy atom. The molecule has 94 valence electrons. The molecule has 5 nitrogen and oxygen atoms in total. The van der Waals surface area contributed by atoms with E-state index in [0.717, 1.165) is 23.8 Å². The number of anilines is 1. The lowest BCUT2D eigenvalue weighted by Crippen LogP contribution is -2.31. The van der Waals surface area contributed by atoms with E-state index in [1.165, 1.54) is 11.5 Å². The lowest BCUT2D eigenvalue weighted by molar-refractivity contribution is -0.135. The number of rotatable bonds is 4. The van der Waals surface area contributed by atoms with Crippen LogP contribution < -0.4 is 4.90 Å². The summed E-state index contributed by atoms with van der Waals surface area (Å²) >= 11 is 1.30. The van der Waals surface area contributed by atoms with E-state index in [1.54, 1.807) is 0 Å². The third-order valence-electron chi connectivity index (χ3n) is 2.63. The van der Waals surface area contributed by atoms with Crippen molar-refractivity contribution in [3.63, 3.8) is 0 Å². The third kappa shape index (κ3) is 2.94. The molecule has 0 unspecified atom stereocenters. The zero-order chi connectivity index (χ0) is 12.6. The van der Waals surface area contributed by atoms with Crippen LogP contribution in [0.5, 0.6) is 0 Å². The van der Waals surface area contributed by atoms with Gasteiger partial charge < -0.3 is 10.0 Å². The molecule has 0 atom stereocenters. The normalized spacial score (nSPS) is 15.9. The molecule has 1 aliphatic rings. The van der Waals surface area contributed by atoms with Crippen LogP contribution in [0.3, 0.4) is 0 Å². The van der Waals surface area contributed by atoms with Crippen LogP contribution in [0, 0.1) is 0 Å². The number of nitrogens with zero attached hydrogens (tertiary/aromatic N) is 3. The van der Waals surface area contributed by atoms with Gasteiger partial charge in [-0.2, -0.15) is 4.37 Å². The van der Waals surface area contributed by atoms with Crippen molar-refractivity contribution in [2.24, 2.45) is 0 Å². The molecule has 0 radical (unpaired) electrons. The van der Waals surface area contributed by atoms with Gasteiger partial charge in [-0.05, 0) is 12.8 Å². The molecule has 1 aromatic rings. The zero-order valence-corrected chi connectivity index (χ0v) is 11.1. The summed E-state index contributed by atoms with van der Waals surface area (Å²) in [5.74, 6) is -0.0297. The van der Waals surface area contributed by atoms with E-state index in [1.807, 2.05) is 4.90 Å². The molecule has 0 saturated heterocycles. The Labute approximate surface area is 105 Å². The van der Waals surface area contributed by atoms with E-state index in [9.17, 15) is 4.79 Å². The van der Waals surface area contributed by atoms with Gasteiger partial charge in [0, 0.05) is 23.0 Å². The summed E-state index contributed by atoms with van der Waals surface area (Å²) in [6.07, 6.45) is 2.11. The van der Waals surface area contributed by atoms with E-state index in [-0.39, 0.29) is 12.0 Å². The number of aromatic nitrogens is 2. The highest BCUT2D eigenvalue weighted by molar-refractivity contribution is 7.09.